The van der Waals surface area contributed by atoms with Gasteiger partial charge in [0, 0.05) is 18.3 Å². The monoisotopic (exact) mass is 258 g/mol. The van der Waals surface area contributed by atoms with Gasteiger partial charge in [0.15, 0.2) is 0 Å². The zero-order chi connectivity index (χ0) is 13.8. The van der Waals surface area contributed by atoms with Crippen LogP contribution in [0.25, 0.3) is 10.8 Å². The maximum atomic E-state index is 5.79. The van der Waals surface area contributed by atoms with Crippen molar-refractivity contribution in [1.29, 1.82) is 0 Å². The fourth-order valence-electron chi connectivity index (χ4n) is 2.15. The van der Waals surface area contributed by atoms with Gasteiger partial charge in [-0.05, 0) is 41.0 Å². The highest BCUT2D eigenvalue weighted by Crippen LogP contribution is 2.24. The Labute approximate surface area is 114 Å². The molecule has 0 heterocycles. The van der Waals surface area contributed by atoms with Crippen LogP contribution in [0, 0.1) is 5.92 Å². The highest BCUT2D eigenvalue weighted by atomic mass is 16.5. The van der Waals surface area contributed by atoms with E-state index in [9.17, 15) is 0 Å². The summed E-state index contributed by atoms with van der Waals surface area (Å²) in [5.41, 5.74) is 6.91. The van der Waals surface area contributed by atoms with E-state index in [1.165, 1.54) is 10.8 Å². The Kier molecular flexibility index (Phi) is 4.27. The summed E-state index contributed by atoms with van der Waals surface area (Å²) in [5, 5.41) is 5.87. The summed E-state index contributed by atoms with van der Waals surface area (Å²) >= 11 is 0. The van der Waals surface area contributed by atoms with Crippen molar-refractivity contribution < 1.29 is 4.74 Å². The van der Waals surface area contributed by atoms with Crippen molar-refractivity contribution >= 4 is 16.5 Å². The molecule has 102 valence electrons. The van der Waals surface area contributed by atoms with Crippen LogP contribution in [-0.2, 0) is 0 Å². The average molecular weight is 258 g/mol. The number of hydrogen-bond acceptors (Lipinski definition) is 3. The van der Waals surface area contributed by atoms with Crippen LogP contribution in [0.2, 0.25) is 0 Å². The molecular weight excluding hydrogens is 236 g/mol. The van der Waals surface area contributed by atoms with E-state index in [-0.39, 0.29) is 0 Å². The molecular formula is C16H22N2O. The van der Waals surface area contributed by atoms with E-state index in [2.05, 4.69) is 43.4 Å². The lowest BCUT2D eigenvalue weighted by Gasteiger charge is -2.22. The molecule has 0 aromatic heterocycles. The Bertz CT molecular complexity index is 551. The molecule has 0 fully saturated rings. The predicted octanol–water partition coefficient (Wildman–Crippen LogP) is 3.24. The first-order chi connectivity index (χ1) is 9.13. The minimum atomic E-state index is 0.302. The molecule has 0 spiro atoms. The topological polar surface area (TPSA) is 47.3 Å². The molecule has 0 saturated heterocycles. The van der Waals surface area contributed by atoms with E-state index in [4.69, 9.17) is 10.5 Å². The van der Waals surface area contributed by atoms with Crippen LogP contribution in [0.5, 0.6) is 5.75 Å². The van der Waals surface area contributed by atoms with Crippen LogP contribution in [0.1, 0.15) is 13.8 Å². The van der Waals surface area contributed by atoms with Gasteiger partial charge in [0.05, 0.1) is 7.11 Å². The van der Waals surface area contributed by atoms with Crippen LogP contribution in [0.15, 0.2) is 36.4 Å². The minimum Gasteiger partial charge on any atom is -0.497 e. The summed E-state index contributed by atoms with van der Waals surface area (Å²) < 4.78 is 5.23. The highest BCUT2D eigenvalue weighted by Gasteiger charge is 2.10. The molecule has 2 aromatic carbocycles. The number of methoxy groups -OCH3 is 1. The largest absolute Gasteiger partial charge is 0.497 e. The number of nitrogens with two attached hydrogens (primary N) is 1. The summed E-state index contributed by atoms with van der Waals surface area (Å²) in [6.45, 7) is 4.99. The van der Waals surface area contributed by atoms with Crippen molar-refractivity contribution in [2.75, 3.05) is 19.0 Å². The van der Waals surface area contributed by atoms with Gasteiger partial charge in [0.2, 0.25) is 0 Å². The zero-order valence-corrected chi connectivity index (χ0v) is 11.8. The number of hydrogen-bond donors (Lipinski definition) is 2. The third-order valence-corrected chi connectivity index (χ3v) is 3.46. The molecule has 0 aliphatic carbocycles. The lowest BCUT2D eigenvalue weighted by atomic mass is 10.0. The number of anilines is 1. The molecule has 3 heteroatoms. The van der Waals surface area contributed by atoms with Crippen LogP contribution in [0.3, 0.4) is 0 Å². The van der Waals surface area contributed by atoms with Gasteiger partial charge in [-0.1, -0.05) is 26.0 Å². The van der Waals surface area contributed by atoms with Gasteiger partial charge in [0.25, 0.3) is 0 Å². The quantitative estimate of drug-likeness (QED) is 0.865. The van der Waals surface area contributed by atoms with Crippen LogP contribution in [0.4, 0.5) is 5.69 Å². The zero-order valence-electron chi connectivity index (χ0n) is 11.8. The Morgan fingerprint density at radius 1 is 1.11 bits per heavy atom. The molecule has 0 aliphatic rings. The van der Waals surface area contributed by atoms with Gasteiger partial charge in [0.1, 0.15) is 5.75 Å². The molecule has 0 aliphatic heterocycles. The Balaban J connectivity index is 2.26. The summed E-state index contributed by atoms with van der Waals surface area (Å²) in [4.78, 5) is 0. The molecule has 0 saturated carbocycles. The fraction of sp³-hybridized carbons (Fsp3) is 0.375. The van der Waals surface area contributed by atoms with E-state index in [1.54, 1.807) is 7.11 Å². The van der Waals surface area contributed by atoms with E-state index in [0.717, 1.165) is 11.4 Å². The molecule has 0 radical (unpaired) electrons. The smallest absolute Gasteiger partial charge is 0.119 e. The van der Waals surface area contributed by atoms with Gasteiger partial charge in [-0.15, -0.1) is 0 Å². The molecule has 1 unspecified atom stereocenters. The number of benzene rings is 2. The van der Waals surface area contributed by atoms with E-state index >= 15 is 0 Å². The van der Waals surface area contributed by atoms with Crippen molar-refractivity contribution in [2.45, 2.75) is 19.9 Å². The number of fused-ring (bicyclic) bond motifs is 1. The van der Waals surface area contributed by atoms with Crippen molar-refractivity contribution in [3.63, 3.8) is 0 Å². The fourth-order valence-corrected chi connectivity index (χ4v) is 2.15. The molecule has 0 bridgehead atoms. The SMILES string of the molecule is COc1ccc2cc(NC(CN)C(C)C)ccc2c1. The second-order valence-corrected chi connectivity index (χ2v) is 5.16. The van der Waals surface area contributed by atoms with Gasteiger partial charge in [-0.2, -0.15) is 0 Å². The number of nitrogens with one attached hydrogen (secondary N) is 1. The molecule has 0 amide bonds. The summed E-state index contributed by atoms with van der Waals surface area (Å²) in [5.74, 6) is 1.40. The normalized spacial score (nSPS) is 12.7. The Hall–Kier alpha value is -1.74. The van der Waals surface area contributed by atoms with Gasteiger partial charge in [-0.25, -0.2) is 0 Å². The first-order valence-electron chi connectivity index (χ1n) is 6.68. The first kappa shape index (κ1) is 13.7. The molecule has 1 atom stereocenters. The maximum absolute atomic E-state index is 5.79. The van der Waals surface area contributed by atoms with E-state index in [1.807, 2.05) is 12.1 Å². The van der Waals surface area contributed by atoms with Crippen molar-refractivity contribution in [2.24, 2.45) is 11.7 Å². The van der Waals surface area contributed by atoms with Crippen LogP contribution < -0.4 is 15.8 Å². The minimum absolute atomic E-state index is 0.302. The standard InChI is InChI=1S/C16H22N2O/c1-11(2)16(10-17)18-14-6-4-13-9-15(19-3)7-5-12(13)8-14/h4-9,11,16,18H,10,17H2,1-3H3. The van der Waals surface area contributed by atoms with Gasteiger partial charge < -0.3 is 15.8 Å². The van der Waals surface area contributed by atoms with Crippen LogP contribution in [-0.4, -0.2) is 19.7 Å². The van der Waals surface area contributed by atoms with Gasteiger partial charge >= 0.3 is 0 Å². The Morgan fingerprint density at radius 2 is 1.79 bits per heavy atom. The average Bonchev–Trinajstić information content (AvgIpc) is 2.43. The molecule has 19 heavy (non-hydrogen) atoms. The highest BCUT2D eigenvalue weighted by molar-refractivity contribution is 5.87. The summed E-state index contributed by atoms with van der Waals surface area (Å²) in [6.07, 6.45) is 0. The number of rotatable bonds is 5. The van der Waals surface area contributed by atoms with Gasteiger partial charge in [-0.3, -0.25) is 0 Å². The van der Waals surface area contributed by atoms with Crippen molar-refractivity contribution in [3.8, 4) is 5.75 Å². The third-order valence-electron chi connectivity index (χ3n) is 3.46. The Morgan fingerprint density at radius 3 is 2.42 bits per heavy atom. The molecule has 2 rings (SSSR count). The first-order valence-corrected chi connectivity index (χ1v) is 6.68. The summed E-state index contributed by atoms with van der Waals surface area (Å²) in [7, 11) is 1.69. The summed E-state index contributed by atoms with van der Waals surface area (Å²) in [6, 6.07) is 12.7. The second kappa shape index (κ2) is 5.93. The van der Waals surface area contributed by atoms with E-state index < -0.39 is 0 Å². The number of ether oxygens (including phenoxy) is 1. The van der Waals surface area contributed by atoms with Crippen molar-refractivity contribution in [1.82, 2.24) is 0 Å². The lowest BCUT2D eigenvalue weighted by Crippen LogP contribution is -2.33. The van der Waals surface area contributed by atoms with E-state index in [0.29, 0.717) is 18.5 Å². The maximum Gasteiger partial charge on any atom is 0.119 e. The molecule has 3 N–H and O–H groups in total. The lowest BCUT2D eigenvalue weighted by molar-refractivity contribution is 0.415. The van der Waals surface area contributed by atoms with Crippen molar-refractivity contribution in [3.05, 3.63) is 36.4 Å². The molecule has 3 nitrogen and oxygen atoms in total. The predicted molar refractivity (Wildman–Crippen MR) is 81.8 cm³/mol. The third kappa shape index (κ3) is 3.18. The van der Waals surface area contributed by atoms with Crippen LogP contribution >= 0.6 is 0 Å². The molecule has 2 aromatic rings. The second-order valence-electron chi connectivity index (χ2n) is 5.16.